The highest BCUT2D eigenvalue weighted by Crippen LogP contribution is 2.33. The molecule has 3 N–H and O–H groups in total. The van der Waals surface area contributed by atoms with E-state index in [1.807, 2.05) is 0 Å². The molecule has 1 aliphatic rings. The predicted molar refractivity (Wildman–Crippen MR) is 145 cm³/mol. The molecule has 2 atom stereocenters. The fraction of sp³-hybridized carbons (Fsp3) is 0.522. The molecular weight excluding hydrogens is 550 g/mol. The summed E-state index contributed by atoms with van der Waals surface area (Å²) in [5, 5.41) is 25.9. The van der Waals surface area contributed by atoms with Crippen molar-refractivity contribution in [2.75, 3.05) is 19.8 Å². The van der Waals surface area contributed by atoms with Crippen molar-refractivity contribution in [1.29, 1.82) is 0 Å². The number of nitro benzene ring substituents is 2. The van der Waals surface area contributed by atoms with Crippen molar-refractivity contribution in [3.05, 3.63) is 62.7 Å². The predicted octanol–water partition coefficient (Wildman–Crippen LogP) is 2.63. The van der Waals surface area contributed by atoms with Crippen LogP contribution in [0.3, 0.4) is 0 Å². The van der Waals surface area contributed by atoms with Crippen LogP contribution in [0.1, 0.15) is 20.8 Å². The molecule has 16 heteroatoms. The third-order valence-electron chi connectivity index (χ3n) is 5.65. The maximum atomic E-state index is 13.6. The van der Waals surface area contributed by atoms with Gasteiger partial charge < -0.3 is 15.5 Å². The minimum atomic E-state index is -4.84. The number of sulfonamides is 1. The molecule has 216 valence electrons. The van der Waals surface area contributed by atoms with E-state index in [1.165, 1.54) is 12.2 Å². The van der Waals surface area contributed by atoms with Gasteiger partial charge in [-0.1, -0.05) is 37.4 Å². The number of nitrogens with two attached hydrogens (primary N) is 1. The molecule has 0 bridgehead atoms. The van der Waals surface area contributed by atoms with Crippen LogP contribution in [0, 0.1) is 25.6 Å². The molecule has 1 aliphatic heterocycles. The monoisotopic (exact) mass is 585 g/mol. The standard InChI is InChI=1S/C23H35N5O9SSi/c1-7-10-36-28(38(34,35)21-9-8-17(26(30)31)12-19(21)27(32)33)20-13-25-16(11-18(20)22(24)29)14-37-39(5,6)15-23(2,3)4/h7-9,11-12,16,20,25H,1,10,13-15H2,2-6H3,(H2,24,29)/t16-,20-/m0/s1. The number of amides is 1. The van der Waals surface area contributed by atoms with Gasteiger partial charge in [0.1, 0.15) is 0 Å². The van der Waals surface area contributed by atoms with Gasteiger partial charge in [0.15, 0.2) is 13.2 Å². The van der Waals surface area contributed by atoms with Gasteiger partial charge in [-0.25, -0.2) is 8.42 Å². The first-order chi connectivity index (χ1) is 17.9. The number of hydroxylamine groups is 1. The Hall–Kier alpha value is -3.02. The zero-order chi connectivity index (χ0) is 29.8. The number of nitrogens with zero attached hydrogens (tertiary/aromatic N) is 3. The van der Waals surface area contributed by atoms with E-state index < -0.39 is 62.4 Å². The summed E-state index contributed by atoms with van der Waals surface area (Å²) >= 11 is 0. The topological polar surface area (TPSA) is 197 Å². The molecule has 0 aliphatic carbocycles. The van der Waals surface area contributed by atoms with Crippen molar-refractivity contribution in [1.82, 2.24) is 9.79 Å². The second-order valence-corrected chi connectivity index (χ2v) is 16.7. The zero-order valence-electron chi connectivity index (χ0n) is 22.6. The van der Waals surface area contributed by atoms with E-state index in [4.69, 9.17) is 15.0 Å². The third kappa shape index (κ3) is 8.48. The van der Waals surface area contributed by atoms with Gasteiger partial charge in [-0.3, -0.25) is 29.9 Å². The first-order valence-electron chi connectivity index (χ1n) is 12.0. The minimum absolute atomic E-state index is 0.0624. The molecule has 0 unspecified atom stereocenters. The van der Waals surface area contributed by atoms with Crippen LogP contribution < -0.4 is 11.1 Å². The summed E-state index contributed by atoms with van der Waals surface area (Å²) < 4.78 is 34.0. The Morgan fingerprint density at radius 3 is 2.44 bits per heavy atom. The van der Waals surface area contributed by atoms with Crippen molar-refractivity contribution >= 4 is 35.6 Å². The van der Waals surface area contributed by atoms with E-state index in [2.05, 4.69) is 45.8 Å². The second kappa shape index (κ2) is 12.4. The summed E-state index contributed by atoms with van der Waals surface area (Å²) in [5.74, 6) is -0.918. The smallest absolute Gasteiger partial charge is 0.296 e. The number of carbonyl (C=O) groups excluding carboxylic acids is 1. The number of non-ortho nitro benzene ring substituents is 1. The minimum Gasteiger partial charge on any atom is -0.415 e. The maximum Gasteiger partial charge on any atom is 0.296 e. The molecule has 1 heterocycles. The highest BCUT2D eigenvalue weighted by molar-refractivity contribution is 7.89. The maximum absolute atomic E-state index is 13.6. The van der Waals surface area contributed by atoms with E-state index in [9.17, 15) is 33.4 Å². The molecule has 0 radical (unpaired) electrons. The number of primary amides is 1. The lowest BCUT2D eigenvalue weighted by Gasteiger charge is -2.36. The van der Waals surface area contributed by atoms with Gasteiger partial charge in [-0.15, -0.1) is 6.58 Å². The number of hydrogen-bond donors (Lipinski definition) is 2. The summed E-state index contributed by atoms with van der Waals surface area (Å²) in [4.78, 5) is 37.8. The quantitative estimate of drug-likeness (QED) is 0.150. The Morgan fingerprint density at radius 1 is 1.28 bits per heavy atom. The van der Waals surface area contributed by atoms with Crippen LogP contribution in [0.5, 0.6) is 0 Å². The summed E-state index contributed by atoms with van der Waals surface area (Å²) in [6, 6.07) is 1.23. The number of benzene rings is 1. The third-order valence-corrected chi connectivity index (χ3v) is 10.2. The average Bonchev–Trinajstić information content (AvgIpc) is 2.81. The summed E-state index contributed by atoms with van der Waals surface area (Å²) in [7, 11) is -6.92. The molecule has 0 spiro atoms. The van der Waals surface area contributed by atoms with Crippen LogP contribution >= 0.6 is 0 Å². The van der Waals surface area contributed by atoms with Crippen molar-refractivity contribution in [3.8, 4) is 0 Å². The first kappa shape index (κ1) is 32.2. The van der Waals surface area contributed by atoms with Crippen LogP contribution in [0.4, 0.5) is 11.4 Å². The van der Waals surface area contributed by atoms with E-state index in [0.717, 1.165) is 18.2 Å². The molecule has 0 saturated heterocycles. The van der Waals surface area contributed by atoms with E-state index >= 15 is 0 Å². The Kier molecular flexibility index (Phi) is 10.3. The fourth-order valence-corrected chi connectivity index (χ4v) is 9.32. The normalized spacial score (nSPS) is 18.5. The second-order valence-electron chi connectivity index (χ2n) is 10.8. The lowest BCUT2D eigenvalue weighted by molar-refractivity contribution is -0.396. The molecule has 0 aromatic heterocycles. The van der Waals surface area contributed by atoms with Crippen molar-refractivity contribution < 1.29 is 32.3 Å². The summed E-state index contributed by atoms with van der Waals surface area (Å²) in [6.07, 6.45) is 2.71. The molecule has 1 aromatic carbocycles. The van der Waals surface area contributed by atoms with Gasteiger partial charge in [0.05, 0.1) is 35.2 Å². The average molecular weight is 586 g/mol. The lowest BCUT2D eigenvalue weighted by atomic mass is 10.00. The van der Waals surface area contributed by atoms with Gasteiger partial charge in [0, 0.05) is 24.2 Å². The van der Waals surface area contributed by atoms with E-state index in [0.29, 0.717) is 10.5 Å². The van der Waals surface area contributed by atoms with Crippen molar-refractivity contribution in [2.24, 2.45) is 11.1 Å². The van der Waals surface area contributed by atoms with Gasteiger partial charge in [0.25, 0.3) is 21.4 Å². The fourth-order valence-electron chi connectivity index (χ4n) is 4.47. The van der Waals surface area contributed by atoms with Crippen molar-refractivity contribution in [2.45, 2.75) is 56.9 Å². The molecule has 2 rings (SSSR count). The van der Waals surface area contributed by atoms with Gasteiger partial charge >= 0.3 is 0 Å². The number of nitrogens with one attached hydrogen (secondary N) is 1. The van der Waals surface area contributed by atoms with Crippen LogP contribution in [-0.4, -0.2) is 68.8 Å². The number of hydrogen-bond acceptors (Lipinski definition) is 10. The SMILES string of the molecule is C=CCON([C@H]1CN[C@H](CO[Si](C)(C)CC(C)(C)C)C=C1C(N)=O)S(=O)(=O)c1ccc([N+](=O)[O-])cc1[N+](=O)[O-]. The highest BCUT2D eigenvalue weighted by atomic mass is 32.2. The van der Waals surface area contributed by atoms with Gasteiger partial charge in [-0.2, -0.15) is 0 Å². The number of rotatable bonds is 13. The molecular formula is C23H35N5O9SSi. The zero-order valence-corrected chi connectivity index (χ0v) is 24.4. The summed E-state index contributed by atoms with van der Waals surface area (Å²) in [5.41, 5.74) is 3.88. The molecule has 1 amide bonds. The first-order valence-corrected chi connectivity index (χ1v) is 16.5. The van der Waals surface area contributed by atoms with Crippen molar-refractivity contribution in [3.63, 3.8) is 0 Å². The van der Waals surface area contributed by atoms with E-state index in [1.54, 1.807) is 0 Å². The lowest BCUT2D eigenvalue weighted by Crippen LogP contribution is -2.55. The van der Waals surface area contributed by atoms with E-state index in [-0.39, 0.29) is 30.7 Å². The van der Waals surface area contributed by atoms with Crippen LogP contribution in [0.25, 0.3) is 0 Å². The Bertz CT molecular complexity index is 1260. The molecule has 14 nitrogen and oxygen atoms in total. The number of carbonyl (C=O) groups is 1. The molecule has 1 aromatic rings. The molecule has 0 saturated carbocycles. The summed E-state index contributed by atoms with van der Waals surface area (Å²) in [6.45, 7) is 13.7. The molecule has 0 fully saturated rings. The largest absolute Gasteiger partial charge is 0.415 e. The Morgan fingerprint density at radius 2 is 1.92 bits per heavy atom. The highest BCUT2D eigenvalue weighted by Gasteiger charge is 2.42. The van der Waals surface area contributed by atoms with Gasteiger partial charge in [-0.05, 0) is 30.6 Å². The number of nitro groups is 2. The van der Waals surface area contributed by atoms with Crippen LogP contribution in [0.15, 0.2) is 47.4 Å². The van der Waals surface area contributed by atoms with Crippen LogP contribution in [-0.2, 0) is 24.1 Å². The van der Waals surface area contributed by atoms with Crippen LogP contribution in [0.2, 0.25) is 19.1 Å². The molecule has 39 heavy (non-hydrogen) atoms. The Labute approximate surface area is 228 Å². The Balaban J connectivity index is 2.48. The van der Waals surface area contributed by atoms with Gasteiger partial charge in [0.2, 0.25) is 5.91 Å².